The number of aliphatic hydroxyl groups is 1. The molecule has 0 aliphatic rings. The van der Waals surface area contributed by atoms with Crippen LogP contribution in [0.2, 0.25) is 0 Å². The van der Waals surface area contributed by atoms with Crippen LogP contribution in [0.5, 0.6) is 5.75 Å². The summed E-state index contributed by atoms with van der Waals surface area (Å²) in [4.78, 5) is 22.3. The molecule has 0 aliphatic carbocycles. The molecule has 2 aromatic rings. The van der Waals surface area contributed by atoms with Gasteiger partial charge >= 0.3 is 12.2 Å². The number of carbonyl (C=O) groups excluding carboxylic acids is 1. The van der Waals surface area contributed by atoms with Crippen molar-refractivity contribution in [3.05, 3.63) is 59.7 Å². The molecule has 2 atom stereocenters. The van der Waals surface area contributed by atoms with E-state index >= 15 is 0 Å². The average Bonchev–Trinajstić information content (AvgIpc) is 2.80. The maximum atomic E-state index is 13.9. The SMILES string of the molecule is COc1ccc(S(=O)(=O)N(Cc2ccccc2)[C@H](NC(=O)O)[C@@H](C)O)cc1CC(C)(C)CCOC(N)=O. The van der Waals surface area contributed by atoms with Gasteiger partial charge in [-0.2, -0.15) is 4.31 Å². The van der Waals surface area contributed by atoms with Crippen molar-refractivity contribution in [2.45, 2.75) is 57.3 Å². The van der Waals surface area contributed by atoms with E-state index < -0.39 is 39.9 Å². The van der Waals surface area contributed by atoms with Crippen LogP contribution in [0.3, 0.4) is 0 Å². The Morgan fingerprint density at radius 2 is 1.81 bits per heavy atom. The Bertz CT molecular complexity index is 1170. The Morgan fingerprint density at radius 1 is 1.16 bits per heavy atom. The highest BCUT2D eigenvalue weighted by molar-refractivity contribution is 7.89. The third kappa shape index (κ3) is 8.62. The van der Waals surface area contributed by atoms with Crippen LogP contribution >= 0.6 is 0 Å². The van der Waals surface area contributed by atoms with Crippen molar-refractivity contribution in [3.8, 4) is 5.75 Å². The number of carbonyl (C=O) groups is 2. The van der Waals surface area contributed by atoms with Crippen molar-refractivity contribution in [1.29, 1.82) is 0 Å². The lowest BCUT2D eigenvalue weighted by atomic mass is 9.82. The smallest absolute Gasteiger partial charge is 0.406 e. The molecule has 2 amide bonds. The van der Waals surface area contributed by atoms with E-state index in [1.165, 1.54) is 32.2 Å². The zero-order valence-corrected chi connectivity index (χ0v) is 22.2. The van der Waals surface area contributed by atoms with E-state index in [-0.39, 0.29) is 18.0 Å². The van der Waals surface area contributed by atoms with Crippen LogP contribution in [0.1, 0.15) is 38.3 Å². The molecule has 0 fully saturated rings. The fraction of sp³-hybridized carbons (Fsp3) is 0.440. The molecule has 0 heterocycles. The summed E-state index contributed by atoms with van der Waals surface area (Å²) in [6.45, 7) is 5.09. The van der Waals surface area contributed by atoms with E-state index in [4.69, 9.17) is 15.2 Å². The van der Waals surface area contributed by atoms with Crippen LogP contribution in [-0.4, -0.2) is 61.1 Å². The number of hydrogen-bond acceptors (Lipinski definition) is 7. The topological polar surface area (TPSA) is 168 Å². The summed E-state index contributed by atoms with van der Waals surface area (Å²) in [7, 11) is -2.84. The molecule has 2 aromatic carbocycles. The second-order valence-corrected chi connectivity index (χ2v) is 11.3. The van der Waals surface area contributed by atoms with Crippen molar-refractivity contribution in [2.24, 2.45) is 11.1 Å². The highest BCUT2D eigenvalue weighted by Gasteiger charge is 2.36. The number of methoxy groups -OCH3 is 1. The number of sulfonamides is 1. The second kappa shape index (κ2) is 12.7. The van der Waals surface area contributed by atoms with Gasteiger partial charge in [-0.05, 0) is 54.5 Å². The van der Waals surface area contributed by atoms with E-state index in [1.807, 2.05) is 13.8 Å². The molecule has 5 N–H and O–H groups in total. The lowest BCUT2D eigenvalue weighted by Crippen LogP contribution is -2.55. The highest BCUT2D eigenvalue weighted by atomic mass is 32.2. The van der Waals surface area contributed by atoms with Gasteiger partial charge in [-0.3, -0.25) is 0 Å². The quantitative estimate of drug-likeness (QED) is 0.283. The summed E-state index contributed by atoms with van der Waals surface area (Å²) in [6, 6.07) is 13.0. The molecule has 0 bridgehead atoms. The Labute approximate surface area is 217 Å². The third-order valence-electron chi connectivity index (χ3n) is 5.77. The molecule has 37 heavy (non-hydrogen) atoms. The summed E-state index contributed by atoms with van der Waals surface area (Å²) < 4.78 is 39.0. The molecular weight excluding hydrogens is 502 g/mol. The van der Waals surface area contributed by atoms with Crippen LogP contribution in [-0.2, 0) is 27.7 Å². The van der Waals surface area contributed by atoms with Crippen molar-refractivity contribution < 1.29 is 37.7 Å². The standard InChI is InChI=1S/C25H35N3O8S/c1-17(29)22(27-24(31)32)28(16-18-8-6-5-7-9-18)37(33,34)20-10-11-21(35-4)19(14-20)15-25(2,3)12-13-36-23(26)30/h5-11,14,17,22,27,29H,12-13,15-16H2,1-4H3,(H2,26,30)(H,31,32)/t17-,22+/m1/s1. The van der Waals surface area contributed by atoms with Crippen molar-refractivity contribution in [3.63, 3.8) is 0 Å². The molecule has 204 valence electrons. The van der Waals surface area contributed by atoms with Crippen LogP contribution in [0, 0.1) is 5.41 Å². The van der Waals surface area contributed by atoms with Crippen LogP contribution in [0.4, 0.5) is 9.59 Å². The number of primary amides is 1. The summed E-state index contributed by atoms with van der Waals surface area (Å²) in [5.74, 6) is 0.466. The second-order valence-electron chi connectivity index (χ2n) is 9.40. The average molecular weight is 538 g/mol. The van der Waals surface area contributed by atoms with Crippen molar-refractivity contribution >= 4 is 22.2 Å². The van der Waals surface area contributed by atoms with E-state index in [0.29, 0.717) is 29.7 Å². The van der Waals surface area contributed by atoms with Crippen LogP contribution in [0.25, 0.3) is 0 Å². The van der Waals surface area contributed by atoms with Crippen LogP contribution < -0.4 is 15.8 Å². The van der Waals surface area contributed by atoms with Gasteiger partial charge in [-0.25, -0.2) is 18.0 Å². The number of aliphatic hydroxyl groups excluding tert-OH is 1. The van der Waals surface area contributed by atoms with Gasteiger partial charge in [0.15, 0.2) is 0 Å². The minimum Gasteiger partial charge on any atom is -0.496 e. The molecule has 0 saturated carbocycles. The number of rotatable bonds is 13. The predicted molar refractivity (Wildman–Crippen MR) is 136 cm³/mol. The number of benzene rings is 2. The lowest BCUT2D eigenvalue weighted by Gasteiger charge is -2.33. The first kappa shape index (κ1) is 29.9. The number of ether oxygens (including phenoxy) is 2. The van der Waals surface area contributed by atoms with Gasteiger partial charge in [-0.15, -0.1) is 0 Å². The monoisotopic (exact) mass is 537 g/mol. The molecule has 2 rings (SSSR count). The van der Waals surface area contributed by atoms with Gasteiger partial charge in [0.25, 0.3) is 0 Å². The summed E-state index contributed by atoms with van der Waals surface area (Å²) >= 11 is 0. The fourth-order valence-electron chi connectivity index (χ4n) is 3.88. The van der Waals surface area contributed by atoms with Gasteiger partial charge in [0.2, 0.25) is 10.0 Å². The molecule has 0 aromatic heterocycles. The van der Waals surface area contributed by atoms with Crippen molar-refractivity contribution in [2.75, 3.05) is 13.7 Å². The highest BCUT2D eigenvalue weighted by Crippen LogP contribution is 2.33. The van der Waals surface area contributed by atoms with Gasteiger partial charge < -0.3 is 30.7 Å². The Hall–Kier alpha value is -3.35. The molecule has 0 radical (unpaired) electrons. The molecule has 12 heteroatoms. The Balaban J connectivity index is 2.51. The van der Waals surface area contributed by atoms with Gasteiger partial charge in [0.05, 0.1) is 24.7 Å². The predicted octanol–water partition coefficient (Wildman–Crippen LogP) is 2.91. The number of nitrogens with one attached hydrogen (secondary N) is 1. The third-order valence-corrected chi connectivity index (χ3v) is 7.59. The van der Waals surface area contributed by atoms with E-state index in [1.54, 1.807) is 30.3 Å². The largest absolute Gasteiger partial charge is 0.496 e. The van der Waals surface area contributed by atoms with E-state index in [2.05, 4.69) is 5.32 Å². The Morgan fingerprint density at radius 3 is 2.35 bits per heavy atom. The van der Waals surface area contributed by atoms with Gasteiger partial charge in [0, 0.05) is 6.54 Å². The Kier molecular flexibility index (Phi) is 10.3. The molecular formula is C25H35N3O8S. The zero-order valence-electron chi connectivity index (χ0n) is 21.4. The van der Waals surface area contributed by atoms with Crippen molar-refractivity contribution in [1.82, 2.24) is 9.62 Å². The minimum atomic E-state index is -4.31. The lowest BCUT2D eigenvalue weighted by molar-refractivity contribution is 0.0785. The molecule has 0 unspecified atom stereocenters. The first-order valence-corrected chi connectivity index (χ1v) is 13.0. The van der Waals surface area contributed by atoms with Gasteiger partial charge in [0.1, 0.15) is 11.9 Å². The van der Waals surface area contributed by atoms with E-state index in [0.717, 1.165) is 4.31 Å². The van der Waals surface area contributed by atoms with Crippen LogP contribution in [0.15, 0.2) is 53.4 Å². The molecule has 0 aliphatic heterocycles. The maximum absolute atomic E-state index is 13.9. The molecule has 0 saturated heterocycles. The maximum Gasteiger partial charge on any atom is 0.406 e. The zero-order chi connectivity index (χ0) is 27.8. The number of nitrogens with two attached hydrogens (primary N) is 1. The van der Waals surface area contributed by atoms with E-state index in [9.17, 15) is 28.2 Å². The molecule has 11 nitrogen and oxygen atoms in total. The fourth-order valence-corrected chi connectivity index (χ4v) is 5.53. The summed E-state index contributed by atoms with van der Waals surface area (Å²) in [5.41, 5.74) is 5.81. The number of carboxylic acid groups (broad SMARTS) is 1. The summed E-state index contributed by atoms with van der Waals surface area (Å²) in [6.07, 6.45) is -4.31. The summed E-state index contributed by atoms with van der Waals surface area (Å²) in [5, 5.41) is 21.8. The first-order valence-electron chi connectivity index (χ1n) is 11.6. The minimum absolute atomic E-state index is 0.0961. The normalized spacial score (nSPS) is 13.6. The number of nitrogens with zero attached hydrogens (tertiary/aromatic N) is 1. The number of hydrogen-bond donors (Lipinski definition) is 4. The number of amides is 2. The molecule has 0 spiro atoms. The first-order chi connectivity index (χ1) is 17.3. The van der Waals surface area contributed by atoms with Gasteiger partial charge in [-0.1, -0.05) is 44.2 Å².